The zero-order valence-corrected chi connectivity index (χ0v) is 11.6. The highest BCUT2D eigenvalue weighted by molar-refractivity contribution is 6.25. The molecule has 0 radical (unpaired) electrons. The van der Waals surface area contributed by atoms with E-state index >= 15 is 0 Å². The van der Waals surface area contributed by atoms with Gasteiger partial charge < -0.3 is 5.73 Å². The highest BCUT2D eigenvalue weighted by Crippen LogP contribution is 2.26. The van der Waals surface area contributed by atoms with Gasteiger partial charge in [0.15, 0.2) is 0 Å². The van der Waals surface area contributed by atoms with E-state index in [0.717, 1.165) is 5.69 Å². The number of hydrogen-bond acceptors (Lipinski definition) is 2. The molecular weight excluding hydrogens is 252 g/mol. The third-order valence-corrected chi connectivity index (χ3v) is 3.45. The van der Waals surface area contributed by atoms with E-state index in [1.807, 2.05) is 61.5 Å². The molecule has 0 aliphatic carbocycles. The molecular formula is C15H17N4O+. The van der Waals surface area contributed by atoms with Gasteiger partial charge in [0, 0.05) is 5.69 Å². The first-order valence-electron chi connectivity index (χ1n) is 6.47. The van der Waals surface area contributed by atoms with Crippen LogP contribution in [0.2, 0.25) is 0 Å². The van der Waals surface area contributed by atoms with E-state index in [9.17, 15) is 4.79 Å². The summed E-state index contributed by atoms with van der Waals surface area (Å²) in [6, 6.07) is 7.87. The summed E-state index contributed by atoms with van der Waals surface area (Å²) in [5.41, 5.74) is 9.21. The van der Waals surface area contributed by atoms with Crippen LogP contribution in [-0.2, 0) is 11.8 Å². The van der Waals surface area contributed by atoms with E-state index in [1.165, 1.54) is 5.56 Å². The lowest BCUT2D eigenvalue weighted by molar-refractivity contribution is -0.670. The van der Waals surface area contributed by atoms with Crippen LogP contribution in [0, 0.1) is 6.92 Å². The van der Waals surface area contributed by atoms with Crippen molar-refractivity contribution in [3.8, 4) is 0 Å². The molecule has 0 unspecified atom stereocenters. The van der Waals surface area contributed by atoms with Crippen LogP contribution in [0.3, 0.4) is 0 Å². The zero-order chi connectivity index (χ0) is 14.3. The predicted octanol–water partition coefficient (Wildman–Crippen LogP) is 0.795. The maximum atomic E-state index is 12.6. The molecule has 3 rings (SSSR count). The molecule has 1 aliphatic rings. The summed E-state index contributed by atoms with van der Waals surface area (Å²) in [5, 5.41) is 0. The normalized spacial score (nSPS) is 15.3. The molecule has 0 atom stereocenters. The van der Waals surface area contributed by atoms with Gasteiger partial charge in [-0.3, -0.25) is 9.69 Å². The van der Waals surface area contributed by atoms with Crippen molar-refractivity contribution < 1.29 is 9.36 Å². The molecule has 5 nitrogen and oxygen atoms in total. The van der Waals surface area contributed by atoms with Gasteiger partial charge in [0.05, 0.1) is 19.3 Å². The highest BCUT2D eigenvalue weighted by atomic mass is 16.2. The average Bonchev–Trinajstić information content (AvgIpc) is 2.95. The summed E-state index contributed by atoms with van der Waals surface area (Å²) in [4.78, 5) is 14.3. The second kappa shape index (κ2) is 4.52. The third kappa shape index (κ3) is 1.97. The Kier molecular flexibility index (Phi) is 2.82. The summed E-state index contributed by atoms with van der Waals surface area (Å²) in [6.45, 7) is 2.45. The number of benzene rings is 1. The molecule has 2 N–H and O–H groups in total. The van der Waals surface area contributed by atoms with Crippen molar-refractivity contribution in [1.82, 2.24) is 4.57 Å². The number of aryl methyl sites for hydroxylation is 2. The lowest BCUT2D eigenvalue weighted by atomic mass is 10.2. The average molecular weight is 269 g/mol. The second-order valence-corrected chi connectivity index (χ2v) is 5.09. The van der Waals surface area contributed by atoms with E-state index in [4.69, 9.17) is 5.73 Å². The van der Waals surface area contributed by atoms with E-state index in [1.54, 1.807) is 9.47 Å². The Bertz CT molecular complexity index is 697. The minimum absolute atomic E-state index is 0.0671. The number of aromatic nitrogens is 2. The number of carbonyl (C=O) groups excluding carboxylic acids is 1. The molecule has 1 aliphatic heterocycles. The lowest BCUT2D eigenvalue weighted by Gasteiger charge is -2.15. The summed E-state index contributed by atoms with van der Waals surface area (Å²) in [7, 11) is 1.91. The van der Waals surface area contributed by atoms with Gasteiger partial charge in [-0.05, 0) is 19.1 Å². The van der Waals surface area contributed by atoms with Crippen molar-refractivity contribution in [1.29, 1.82) is 0 Å². The minimum atomic E-state index is -0.0671. The molecule has 5 heteroatoms. The molecule has 20 heavy (non-hydrogen) atoms. The highest BCUT2D eigenvalue weighted by Gasteiger charge is 2.34. The topological polar surface area (TPSA) is 55.1 Å². The van der Waals surface area contributed by atoms with Crippen molar-refractivity contribution in [2.45, 2.75) is 6.92 Å². The first-order valence-corrected chi connectivity index (χ1v) is 6.47. The molecule has 0 bridgehead atoms. The van der Waals surface area contributed by atoms with Gasteiger partial charge in [0.1, 0.15) is 12.4 Å². The van der Waals surface area contributed by atoms with E-state index in [-0.39, 0.29) is 5.91 Å². The smallest absolute Gasteiger partial charge is 0.300 e. The molecule has 1 aromatic heterocycles. The fourth-order valence-corrected chi connectivity index (χ4v) is 2.37. The number of nitrogens with zero attached hydrogens (tertiary/aromatic N) is 3. The van der Waals surface area contributed by atoms with Crippen LogP contribution in [0.5, 0.6) is 0 Å². The predicted molar refractivity (Wildman–Crippen MR) is 76.5 cm³/mol. The van der Waals surface area contributed by atoms with E-state index < -0.39 is 0 Å². The van der Waals surface area contributed by atoms with Crippen molar-refractivity contribution in [3.05, 3.63) is 54.2 Å². The Labute approximate surface area is 117 Å². The largest absolute Gasteiger partial charge is 0.397 e. The van der Waals surface area contributed by atoms with Crippen LogP contribution in [0.1, 0.15) is 5.56 Å². The molecule has 2 aromatic rings. The summed E-state index contributed by atoms with van der Waals surface area (Å²) in [6.07, 6.45) is 5.54. The summed E-state index contributed by atoms with van der Waals surface area (Å²) < 4.78 is 3.65. The molecule has 1 aromatic carbocycles. The standard InChI is InChI=1S/C15H16N4O/c1-11-3-5-12(6-4-11)19-9-13(16)14(15(19)20)18-8-7-17(2)10-18/h3-8,10H,9H2,1-2H3,(H-,16,20)/p+1. The molecule has 1 amide bonds. The van der Waals surface area contributed by atoms with Crippen molar-refractivity contribution in [2.24, 2.45) is 12.8 Å². The Balaban J connectivity index is 1.94. The summed E-state index contributed by atoms with van der Waals surface area (Å²) >= 11 is 0. The van der Waals surface area contributed by atoms with Crippen LogP contribution < -0.4 is 15.2 Å². The van der Waals surface area contributed by atoms with Crippen molar-refractivity contribution >= 4 is 17.3 Å². The molecule has 0 saturated heterocycles. The first kappa shape index (κ1) is 12.5. The molecule has 0 spiro atoms. The van der Waals surface area contributed by atoms with Gasteiger partial charge in [-0.15, -0.1) is 0 Å². The number of nitrogens with two attached hydrogens (primary N) is 1. The van der Waals surface area contributed by atoms with Crippen LogP contribution in [0.15, 0.2) is 48.7 Å². The Hall–Kier alpha value is -2.56. The first-order chi connectivity index (χ1) is 9.56. The SMILES string of the molecule is Cc1ccc(N2CC(N)=C(n3cc[n+](C)c3)C2=O)cc1. The van der Waals surface area contributed by atoms with Gasteiger partial charge in [-0.25, -0.2) is 4.57 Å². The van der Waals surface area contributed by atoms with Crippen LogP contribution in [0.4, 0.5) is 5.69 Å². The van der Waals surface area contributed by atoms with Crippen LogP contribution in [-0.4, -0.2) is 17.0 Å². The van der Waals surface area contributed by atoms with Crippen molar-refractivity contribution in [2.75, 3.05) is 11.4 Å². The number of imidazole rings is 1. The Morgan fingerprint density at radius 3 is 2.55 bits per heavy atom. The van der Waals surface area contributed by atoms with Gasteiger partial charge in [0.2, 0.25) is 12.0 Å². The second-order valence-electron chi connectivity index (χ2n) is 5.09. The molecule has 102 valence electrons. The zero-order valence-electron chi connectivity index (χ0n) is 11.6. The number of carbonyl (C=O) groups is 1. The van der Waals surface area contributed by atoms with Crippen molar-refractivity contribution in [3.63, 3.8) is 0 Å². The molecule has 0 fully saturated rings. The number of amides is 1. The fraction of sp³-hybridized carbons (Fsp3) is 0.200. The van der Waals surface area contributed by atoms with Crippen LogP contribution in [0.25, 0.3) is 5.70 Å². The monoisotopic (exact) mass is 269 g/mol. The number of anilines is 1. The fourth-order valence-electron chi connectivity index (χ4n) is 2.37. The van der Waals surface area contributed by atoms with E-state index in [2.05, 4.69) is 0 Å². The molecule has 0 saturated carbocycles. The Morgan fingerprint density at radius 2 is 1.95 bits per heavy atom. The van der Waals surface area contributed by atoms with Gasteiger partial charge in [-0.1, -0.05) is 17.7 Å². The number of hydrogen-bond donors (Lipinski definition) is 1. The maximum Gasteiger partial charge on any atom is 0.300 e. The van der Waals surface area contributed by atoms with Gasteiger partial charge in [-0.2, -0.15) is 4.57 Å². The minimum Gasteiger partial charge on any atom is -0.397 e. The maximum absolute atomic E-state index is 12.6. The lowest BCUT2D eigenvalue weighted by Crippen LogP contribution is -2.28. The number of rotatable bonds is 2. The molecule has 2 heterocycles. The Morgan fingerprint density at radius 1 is 1.25 bits per heavy atom. The van der Waals surface area contributed by atoms with Crippen LogP contribution >= 0.6 is 0 Å². The summed E-state index contributed by atoms with van der Waals surface area (Å²) in [5.74, 6) is -0.0671. The van der Waals surface area contributed by atoms with Gasteiger partial charge >= 0.3 is 5.91 Å². The van der Waals surface area contributed by atoms with Gasteiger partial charge in [0.25, 0.3) is 0 Å². The third-order valence-electron chi connectivity index (χ3n) is 3.45. The van der Waals surface area contributed by atoms with E-state index in [0.29, 0.717) is 17.9 Å². The quantitative estimate of drug-likeness (QED) is 0.820.